The molecule has 2 aromatic carbocycles. The van der Waals surface area contributed by atoms with E-state index < -0.39 is 0 Å². The summed E-state index contributed by atoms with van der Waals surface area (Å²) in [5, 5.41) is 15.5. The monoisotopic (exact) mass is 357 g/mol. The number of hydrogen-bond donors (Lipinski definition) is 3. The standard InChI is InChI=1S/C20H24FN3O2/c1-14-6-7-15(12-17(14)21)23-20(26)13-22-18-4-2-3-5-19(18)24-10-8-16(25)9-11-24/h2-7,12,16,22,25H,8-11,13H2,1H3,(H,23,26). The van der Waals surface area contributed by atoms with E-state index in [4.69, 9.17) is 0 Å². The number of piperidine rings is 1. The van der Waals surface area contributed by atoms with Crippen molar-refractivity contribution in [2.45, 2.75) is 25.9 Å². The minimum Gasteiger partial charge on any atom is -0.393 e. The van der Waals surface area contributed by atoms with Crippen LogP contribution in [0.15, 0.2) is 42.5 Å². The molecule has 0 atom stereocenters. The summed E-state index contributed by atoms with van der Waals surface area (Å²) >= 11 is 0. The largest absolute Gasteiger partial charge is 0.393 e. The molecule has 3 rings (SSSR count). The Bertz CT molecular complexity index is 773. The van der Waals surface area contributed by atoms with Crippen molar-refractivity contribution in [1.82, 2.24) is 0 Å². The minimum absolute atomic E-state index is 0.0863. The maximum absolute atomic E-state index is 13.6. The van der Waals surface area contributed by atoms with Crippen LogP contribution < -0.4 is 15.5 Å². The van der Waals surface area contributed by atoms with Gasteiger partial charge in [0.1, 0.15) is 5.82 Å². The molecule has 138 valence electrons. The van der Waals surface area contributed by atoms with Gasteiger partial charge in [0.25, 0.3) is 0 Å². The number of amides is 1. The molecule has 26 heavy (non-hydrogen) atoms. The summed E-state index contributed by atoms with van der Waals surface area (Å²) in [5.41, 5.74) is 2.88. The molecule has 1 amide bonds. The Balaban J connectivity index is 1.60. The van der Waals surface area contributed by atoms with Gasteiger partial charge in [-0.3, -0.25) is 4.79 Å². The van der Waals surface area contributed by atoms with Crippen LogP contribution in [0.25, 0.3) is 0 Å². The van der Waals surface area contributed by atoms with Gasteiger partial charge in [0.05, 0.1) is 24.0 Å². The third kappa shape index (κ3) is 4.52. The molecule has 1 heterocycles. The second-order valence-electron chi connectivity index (χ2n) is 6.60. The number of anilines is 3. The molecule has 0 aromatic heterocycles. The van der Waals surface area contributed by atoms with Crippen molar-refractivity contribution in [1.29, 1.82) is 0 Å². The Morgan fingerprint density at radius 3 is 2.69 bits per heavy atom. The van der Waals surface area contributed by atoms with Gasteiger partial charge in [-0.1, -0.05) is 18.2 Å². The molecule has 1 aliphatic rings. The van der Waals surface area contributed by atoms with Gasteiger partial charge in [0.15, 0.2) is 0 Å². The Hall–Kier alpha value is -2.60. The maximum atomic E-state index is 13.6. The number of rotatable bonds is 5. The molecular formula is C20H24FN3O2. The molecule has 0 radical (unpaired) electrons. The molecule has 6 heteroatoms. The van der Waals surface area contributed by atoms with Crippen LogP contribution in [0.5, 0.6) is 0 Å². The van der Waals surface area contributed by atoms with Crippen LogP contribution in [0.1, 0.15) is 18.4 Å². The Morgan fingerprint density at radius 2 is 1.96 bits per heavy atom. The van der Waals surface area contributed by atoms with Gasteiger partial charge in [0.2, 0.25) is 5.91 Å². The molecule has 0 bridgehead atoms. The Labute approximate surface area is 152 Å². The number of nitrogens with zero attached hydrogens (tertiary/aromatic N) is 1. The van der Waals surface area contributed by atoms with Crippen molar-refractivity contribution in [2.75, 3.05) is 35.2 Å². The molecule has 0 aliphatic carbocycles. The lowest BCUT2D eigenvalue weighted by Crippen LogP contribution is -2.36. The van der Waals surface area contributed by atoms with Gasteiger partial charge in [-0.15, -0.1) is 0 Å². The zero-order valence-electron chi connectivity index (χ0n) is 14.8. The first kappa shape index (κ1) is 18.2. The smallest absolute Gasteiger partial charge is 0.243 e. The SMILES string of the molecule is Cc1ccc(NC(=O)CNc2ccccc2N2CCC(O)CC2)cc1F. The van der Waals surface area contributed by atoms with Gasteiger partial charge in [0, 0.05) is 18.8 Å². The molecule has 1 aliphatic heterocycles. The highest BCUT2D eigenvalue weighted by Crippen LogP contribution is 2.28. The summed E-state index contributed by atoms with van der Waals surface area (Å²) in [6.07, 6.45) is 1.26. The summed E-state index contributed by atoms with van der Waals surface area (Å²) in [7, 11) is 0. The number of carbonyl (C=O) groups is 1. The first-order chi connectivity index (χ1) is 12.5. The van der Waals surface area contributed by atoms with Gasteiger partial charge in [-0.2, -0.15) is 0 Å². The van der Waals surface area contributed by atoms with Crippen LogP contribution >= 0.6 is 0 Å². The number of benzene rings is 2. The fraction of sp³-hybridized carbons (Fsp3) is 0.350. The Morgan fingerprint density at radius 1 is 1.23 bits per heavy atom. The normalized spacial score (nSPS) is 15.0. The number of hydrogen-bond acceptors (Lipinski definition) is 4. The number of aliphatic hydroxyl groups excluding tert-OH is 1. The lowest BCUT2D eigenvalue weighted by molar-refractivity contribution is -0.114. The maximum Gasteiger partial charge on any atom is 0.243 e. The van der Waals surface area contributed by atoms with E-state index in [0.29, 0.717) is 11.3 Å². The fourth-order valence-corrected chi connectivity index (χ4v) is 3.06. The lowest BCUT2D eigenvalue weighted by atomic mass is 10.1. The van der Waals surface area contributed by atoms with Crippen molar-refractivity contribution in [2.24, 2.45) is 0 Å². The average molecular weight is 357 g/mol. The van der Waals surface area contributed by atoms with E-state index in [2.05, 4.69) is 15.5 Å². The molecule has 1 saturated heterocycles. The van der Waals surface area contributed by atoms with Crippen molar-refractivity contribution < 1.29 is 14.3 Å². The molecule has 2 aromatic rings. The van der Waals surface area contributed by atoms with Crippen LogP contribution in [0.4, 0.5) is 21.5 Å². The van der Waals surface area contributed by atoms with Gasteiger partial charge in [-0.05, 0) is 49.6 Å². The number of aryl methyl sites for hydroxylation is 1. The summed E-state index contributed by atoms with van der Waals surface area (Å²) in [5.74, 6) is -0.578. The predicted octanol–water partition coefficient (Wildman–Crippen LogP) is 3.15. The molecule has 1 fully saturated rings. The second kappa shape index (κ2) is 8.19. The predicted molar refractivity (Wildman–Crippen MR) is 102 cm³/mol. The van der Waals surface area contributed by atoms with Crippen LogP contribution in [-0.2, 0) is 4.79 Å². The third-order valence-corrected chi connectivity index (χ3v) is 4.60. The van der Waals surface area contributed by atoms with E-state index in [9.17, 15) is 14.3 Å². The van der Waals surface area contributed by atoms with Crippen molar-refractivity contribution >= 4 is 23.0 Å². The van der Waals surface area contributed by atoms with E-state index in [1.54, 1.807) is 19.1 Å². The number of carbonyl (C=O) groups excluding carboxylic acids is 1. The molecule has 5 nitrogen and oxygen atoms in total. The first-order valence-electron chi connectivity index (χ1n) is 8.85. The van der Waals surface area contributed by atoms with Crippen LogP contribution in [0.3, 0.4) is 0 Å². The highest BCUT2D eigenvalue weighted by molar-refractivity contribution is 5.94. The van der Waals surface area contributed by atoms with Crippen molar-refractivity contribution in [3.8, 4) is 0 Å². The highest BCUT2D eigenvalue weighted by Gasteiger charge is 2.19. The summed E-state index contributed by atoms with van der Waals surface area (Å²) < 4.78 is 13.6. The van der Waals surface area contributed by atoms with Crippen LogP contribution in [0, 0.1) is 12.7 Å². The third-order valence-electron chi connectivity index (χ3n) is 4.60. The number of halogens is 1. The number of para-hydroxylation sites is 2. The molecule has 3 N–H and O–H groups in total. The highest BCUT2D eigenvalue weighted by atomic mass is 19.1. The van der Waals surface area contributed by atoms with Gasteiger partial charge in [-0.25, -0.2) is 4.39 Å². The second-order valence-corrected chi connectivity index (χ2v) is 6.60. The van der Waals surface area contributed by atoms with E-state index >= 15 is 0 Å². The Kier molecular flexibility index (Phi) is 5.73. The molecule has 0 unspecified atom stereocenters. The number of aliphatic hydroxyl groups is 1. The first-order valence-corrected chi connectivity index (χ1v) is 8.85. The zero-order valence-corrected chi connectivity index (χ0v) is 14.8. The average Bonchev–Trinajstić information content (AvgIpc) is 2.64. The summed E-state index contributed by atoms with van der Waals surface area (Å²) in [4.78, 5) is 14.4. The molecular weight excluding hydrogens is 333 g/mol. The zero-order chi connectivity index (χ0) is 18.5. The topological polar surface area (TPSA) is 64.6 Å². The quantitative estimate of drug-likeness (QED) is 0.769. The van der Waals surface area contributed by atoms with E-state index in [0.717, 1.165) is 37.3 Å². The van der Waals surface area contributed by atoms with Crippen molar-refractivity contribution in [3.05, 3.63) is 53.8 Å². The minimum atomic E-state index is -0.339. The summed E-state index contributed by atoms with van der Waals surface area (Å²) in [6.45, 7) is 3.34. The van der Waals surface area contributed by atoms with E-state index in [1.165, 1.54) is 6.07 Å². The number of nitrogens with one attached hydrogen (secondary N) is 2. The lowest BCUT2D eigenvalue weighted by Gasteiger charge is -2.32. The summed E-state index contributed by atoms with van der Waals surface area (Å²) in [6, 6.07) is 12.5. The van der Waals surface area contributed by atoms with Crippen LogP contribution in [-0.4, -0.2) is 36.8 Å². The van der Waals surface area contributed by atoms with E-state index in [-0.39, 0.29) is 24.4 Å². The van der Waals surface area contributed by atoms with Gasteiger partial charge >= 0.3 is 0 Å². The van der Waals surface area contributed by atoms with Gasteiger partial charge < -0.3 is 20.6 Å². The van der Waals surface area contributed by atoms with Crippen LogP contribution in [0.2, 0.25) is 0 Å². The molecule has 0 spiro atoms. The van der Waals surface area contributed by atoms with E-state index in [1.807, 2.05) is 24.3 Å². The fourth-order valence-electron chi connectivity index (χ4n) is 3.06. The molecule has 0 saturated carbocycles. The van der Waals surface area contributed by atoms with Crippen molar-refractivity contribution in [3.63, 3.8) is 0 Å².